The van der Waals surface area contributed by atoms with Gasteiger partial charge in [-0.15, -0.1) is 0 Å². The highest BCUT2D eigenvalue weighted by Crippen LogP contribution is 2.50. The number of fused-ring (bicyclic) bond motifs is 1. The van der Waals surface area contributed by atoms with Crippen LogP contribution in [-0.2, 0) is 19.1 Å². The highest BCUT2D eigenvalue weighted by molar-refractivity contribution is 8.00. The number of aromatic nitrogens is 1. The van der Waals surface area contributed by atoms with Gasteiger partial charge in [-0.1, -0.05) is 35.2 Å². The number of nitrogens with zero attached hydrogens (tertiary/aromatic N) is 1. The van der Waals surface area contributed by atoms with Gasteiger partial charge in [-0.3, -0.25) is 24.5 Å². The van der Waals surface area contributed by atoms with Crippen molar-refractivity contribution < 1.29 is 24.0 Å². The molecule has 0 spiro atoms. The van der Waals surface area contributed by atoms with Crippen molar-refractivity contribution >= 4 is 40.7 Å². The van der Waals surface area contributed by atoms with Crippen LogP contribution >= 0.6 is 23.1 Å². The molecule has 3 atom stereocenters. The van der Waals surface area contributed by atoms with E-state index in [9.17, 15) is 24.5 Å². The van der Waals surface area contributed by atoms with Gasteiger partial charge in [0.1, 0.15) is 5.25 Å². The summed E-state index contributed by atoms with van der Waals surface area (Å²) >= 11 is 1.92. The molecule has 1 aliphatic rings. The van der Waals surface area contributed by atoms with E-state index >= 15 is 0 Å². The molecular formula is C16H14N2O7S2. The van der Waals surface area contributed by atoms with Crippen LogP contribution < -0.4 is 4.87 Å². The third kappa shape index (κ3) is 3.47. The molecular weight excluding hydrogens is 396 g/mol. The number of nitro groups is 1. The largest absolute Gasteiger partial charge is 0.469 e. The molecule has 0 saturated heterocycles. The van der Waals surface area contributed by atoms with Crippen LogP contribution in [0, 0.1) is 16.0 Å². The second kappa shape index (κ2) is 7.53. The number of thioether (sulfide) groups is 1. The summed E-state index contributed by atoms with van der Waals surface area (Å²) in [6.07, 6.45) is 0. The molecule has 1 aromatic carbocycles. The van der Waals surface area contributed by atoms with Crippen LogP contribution in [-0.4, -0.2) is 41.3 Å². The molecule has 0 amide bonds. The Labute approximate surface area is 160 Å². The number of rotatable bonds is 4. The Morgan fingerprint density at radius 3 is 2.56 bits per heavy atom. The molecule has 2 heterocycles. The Bertz CT molecular complexity index is 968. The molecule has 0 fully saturated rings. The Morgan fingerprint density at radius 1 is 1.22 bits per heavy atom. The van der Waals surface area contributed by atoms with E-state index in [1.807, 2.05) is 0 Å². The van der Waals surface area contributed by atoms with Crippen molar-refractivity contribution in [2.24, 2.45) is 5.92 Å². The van der Waals surface area contributed by atoms with Crippen LogP contribution in [0.4, 0.5) is 5.69 Å². The van der Waals surface area contributed by atoms with Gasteiger partial charge >= 0.3 is 16.8 Å². The number of nitrogens with one attached hydrogen (secondary N) is 1. The van der Waals surface area contributed by atoms with Gasteiger partial charge in [0.05, 0.1) is 30.1 Å². The van der Waals surface area contributed by atoms with Crippen molar-refractivity contribution in [3.05, 3.63) is 54.5 Å². The monoisotopic (exact) mass is 410 g/mol. The predicted molar refractivity (Wildman–Crippen MR) is 97.0 cm³/mol. The number of esters is 2. The number of methoxy groups -OCH3 is 2. The fraction of sp³-hybridized carbons (Fsp3) is 0.312. The van der Waals surface area contributed by atoms with Crippen LogP contribution in [0.3, 0.4) is 0 Å². The number of hydrogen-bond donors (Lipinski definition) is 1. The lowest BCUT2D eigenvalue weighted by Gasteiger charge is -2.33. The maximum absolute atomic E-state index is 12.6. The van der Waals surface area contributed by atoms with Crippen LogP contribution in [0.1, 0.15) is 16.4 Å². The molecule has 3 rings (SSSR count). The van der Waals surface area contributed by atoms with Gasteiger partial charge < -0.3 is 14.5 Å². The van der Waals surface area contributed by atoms with Crippen LogP contribution in [0.5, 0.6) is 0 Å². The lowest BCUT2D eigenvalue weighted by molar-refractivity contribution is -0.384. The smallest absolute Gasteiger partial charge is 0.320 e. The van der Waals surface area contributed by atoms with E-state index < -0.39 is 33.9 Å². The molecule has 1 N–H and O–H groups in total. The number of benzene rings is 1. The summed E-state index contributed by atoms with van der Waals surface area (Å²) < 4.78 is 9.71. The minimum atomic E-state index is -1.01. The van der Waals surface area contributed by atoms with E-state index in [-0.39, 0.29) is 10.6 Å². The van der Waals surface area contributed by atoms with E-state index in [0.717, 1.165) is 23.1 Å². The van der Waals surface area contributed by atoms with Crippen molar-refractivity contribution in [1.82, 2.24) is 4.98 Å². The summed E-state index contributed by atoms with van der Waals surface area (Å²) in [6, 6.07) is 5.77. The molecule has 11 heteroatoms. The Hall–Kier alpha value is -2.66. The number of non-ortho nitro benzene ring substituents is 1. The number of thiazole rings is 1. The summed E-state index contributed by atoms with van der Waals surface area (Å²) in [6.45, 7) is 0. The average molecular weight is 410 g/mol. The second-order valence-electron chi connectivity index (χ2n) is 5.65. The quantitative estimate of drug-likeness (QED) is 0.460. The van der Waals surface area contributed by atoms with E-state index in [1.165, 1.54) is 32.4 Å². The topological polar surface area (TPSA) is 129 Å². The summed E-state index contributed by atoms with van der Waals surface area (Å²) in [5.74, 6) is -3.08. The van der Waals surface area contributed by atoms with Gasteiger partial charge in [0.2, 0.25) is 0 Å². The Morgan fingerprint density at radius 2 is 1.93 bits per heavy atom. The molecule has 1 aliphatic heterocycles. The van der Waals surface area contributed by atoms with Gasteiger partial charge in [0.25, 0.3) is 5.69 Å². The van der Waals surface area contributed by atoms with E-state index in [2.05, 4.69) is 4.98 Å². The maximum Gasteiger partial charge on any atom is 0.320 e. The fourth-order valence-electron chi connectivity index (χ4n) is 3.05. The van der Waals surface area contributed by atoms with Crippen LogP contribution in [0.15, 0.2) is 34.1 Å². The zero-order valence-corrected chi connectivity index (χ0v) is 15.8. The number of aromatic amines is 1. The highest BCUT2D eigenvalue weighted by Gasteiger charge is 2.49. The Kier molecular flexibility index (Phi) is 5.33. The van der Waals surface area contributed by atoms with Gasteiger partial charge in [-0.2, -0.15) is 0 Å². The predicted octanol–water partition coefficient (Wildman–Crippen LogP) is 1.91. The zero-order chi connectivity index (χ0) is 19.7. The third-order valence-corrected chi connectivity index (χ3v) is 6.59. The molecule has 0 radical (unpaired) electrons. The number of nitro benzene ring substituents is 1. The normalized spacial score (nSPS) is 21.2. The standard InChI is InChI=1S/C16H14N2O7S2/c1-24-14(19)10-9(7-4-3-5-8(6-7)18(22)23)11-13(17-16(21)27-11)26-12(10)15(20)25-2/h3-6,9-10,12H,1-2H3,(H,17,21)/t9-,10+,12+/m0/s1. The van der Waals surface area contributed by atoms with Crippen molar-refractivity contribution in [2.45, 2.75) is 16.2 Å². The molecule has 0 unspecified atom stereocenters. The molecule has 142 valence electrons. The lowest BCUT2D eigenvalue weighted by atomic mass is 9.82. The average Bonchev–Trinajstić information content (AvgIpc) is 3.04. The van der Waals surface area contributed by atoms with Crippen molar-refractivity contribution in [1.29, 1.82) is 0 Å². The van der Waals surface area contributed by atoms with Crippen molar-refractivity contribution in [3.63, 3.8) is 0 Å². The molecule has 1 aromatic heterocycles. The number of H-pyrrole nitrogens is 1. The molecule has 0 bridgehead atoms. The minimum absolute atomic E-state index is 0.159. The first kappa shape index (κ1) is 19.1. The SMILES string of the molecule is COC(=O)[C@@H]1[C@H](c2cccc([N+](=O)[O-])c2)c2sc(=O)[nH]c2S[C@H]1C(=O)OC. The number of carbonyl (C=O) groups excluding carboxylic acids is 2. The van der Waals surface area contributed by atoms with Gasteiger partial charge in [-0.05, 0) is 5.56 Å². The first-order valence-corrected chi connectivity index (χ1v) is 9.36. The zero-order valence-electron chi connectivity index (χ0n) is 14.2. The molecule has 9 nitrogen and oxygen atoms in total. The highest BCUT2D eigenvalue weighted by atomic mass is 32.2. The van der Waals surface area contributed by atoms with Crippen LogP contribution in [0.2, 0.25) is 0 Å². The fourth-order valence-corrected chi connectivity index (χ4v) is 5.55. The summed E-state index contributed by atoms with van der Waals surface area (Å²) in [5, 5.41) is 10.6. The number of hydrogen-bond acceptors (Lipinski definition) is 9. The first-order valence-electron chi connectivity index (χ1n) is 7.67. The van der Waals surface area contributed by atoms with Crippen molar-refractivity contribution in [2.75, 3.05) is 14.2 Å². The van der Waals surface area contributed by atoms with Gasteiger partial charge in [0.15, 0.2) is 0 Å². The minimum Gasteiger partial charge on any atom is -0.469 e. The third-order valence-electron chi connectivity index (χ3n) is 4.20. The van der Waals surface area contributed by atoms with Gasteiger partial charge in [-0.25, -0.2) is 0 Å². The maximum atomic E-state index is 12.6. The second-order valence-corrected chi connectivity index (χ2v) is 7.81. The Balaban J connectivity index is 2.23. The molecule has 0 saturated carbocycles. The van der Waals surface area contributed by atoms with Crippen molar-refractivity contribution in [3.8, 4) is 0 Å². The van der Waals surface area contributed by atoms with E-state index in [4.69, 9.17) is 9.47 Å². The number of carbonyl (C=O) groups is 2. The van der Waals surface area contributed by atoms with E-state index in [1.54, 1.807) is 6.07 Å². The lowest BCUT2D eigenvalue weighted by Crippen LogP contribution is -2.40. The summed E-state index contributed by atoms with van der Waals surface area (Å²) in [4.78, 5) is 50.2. The van der Waals surface area contributed by atoms with E-state index in [0.29, 0.717) is 15.5 Å². The first-order chi connectivity index (χ1) is 12.9. The number of ether oxygens (including phenoxy) is 2. The van der Waals surface area contributed by atoms with Crippen LogP contribution in [0.25, 0.3) is 0 Å². The summed E-state index contributed by atoms with van der Waals surface area (Å²) in [5.41, 5.74) is 0.277. The molecule has 0 aliphatic carbocycles. The summed E-state index contributed by atoms with van der Waals surface area (Å²) in [7, 11) is 2.40. The molecule has 27 heavy (non-hydrogen) atoms. The van der Waals surface area contributed by atoms with Gasteiger partial charge in [0, 0.05) is 22.9 Å². The molecule has 2 aromatic rings.